The van der Waals surface area contributed by atoms with E-state index in [-0.39, 0.29) is 0 Å². The number of hydrogen-bond acceptors (Lipinski definition) is 4. The minimum absolute atomic E-state index is 0.733. The van der Waals surface area contributed by atoms with Gasteiger partial charge in [-0.25, -0.2) is 0 Å². The molecule has 0 aliphatic rings. The Balaban J connectivity index is 3.02. The van der Waals surface area contributed by atoms with Gasteiger partial charge in [0.1, 0.15) is 0 Å². The molecule has 0 N–H and O–H groups in total. The van der Waals surface area contributed by atoms with Gasteiger partial charge in [-0.15, -0.1) is 11.7 Å². The van der Waals surface area contributed by atoms with Crippen LogP contribution in [0.15, 0.2) is 23.1 Å². The molecule has 0 amide bonds. The summed E-state index contributed by atoms with van der Waals surface area (Å²) in [5.74, 6) is 1.47. The van der Waals surface area contributed by atoms with E-state index in [4.69, 9.17) is 9.47 Å². The van der Waals surface area contributed by atoms with Crippen LogP contribution in [0.4, 0.5) is 0 Å². The van der Waals surface area contributed by atoms with Gasteiger partial charge in [0.15, 0.2) is 11.5 Å². The normalized spacial score (nSPS) is 9.58. The highest BCUT2D eigenvalue weighted by atomic mass is 33.1. The minimum Gasteiger partial charge on any atom is -0.493 e. The first-order valence-electron chi connectivity index (χ1n) is 3.35. The van der Waals surface area contributed by atoms with Crippen molar-refractivity contribution >= 4 is 22.5 Å². The van der Waals surface area contributed by atoms with Crippen LogP contribution in [0.25, 0.3) is 0 Å². The van der Waals surface area contributed by atoms with Crippen molar-refractivity contribution in [2.75, 3.05) is 14.2 Å². The molecule has 0 saturated carbocycles. The van der Waals surface area contributed by atoms with E-state index in [1.54, 1.807) is 14.2 Å². The van der Waals surface area contributed by atoms with E-state index in [9.17, 15) is 0 Å². The summed E-state index contributed by atoms with van der Waals surface area (Å²) >= 11 is 4.08. The van der Waals surface area contributed by atoms with Gasteiger partial charge < -0.3 is 9.47 Å². The van der Waals surface area contributed by atoms with Gasteiger partial charge in [-0.2, -0.15) is 0 Å². The van der Waals surface area contributed by atoms with Crippen LogP contribution in [-0.2, 0) is 0 Å². The third-order valence-electron chi connectivity index (χ3n) is 1.46. The molecule has 0 aliphatic carbocycles. The first-order valence-corrected chi connectivity index (χ1v) is 5.22. The lowest BCUT2D eigenvalue weighted by Gasteiger charge is -2.07. The number of thiol groups is 1. The van der Waals surface area contributed by atoms with E-state index in [2.05, 4.69) is 11.7 Å². The Labute approximate surface area is 81.1 Å². The summed E-state index contributed by atoms with van der Waals surface area (Å²) in [6.07, 6.45) is 0. The minimum atomic E-state index is 0.733. The lowest BCUT2D eigenvalue weighted by molar-refractivity contribution is 0.354. The maximum atomic E-state index is 5.11. The summed E-state index contributed by atoms with van der Waals surface area (Å²) in [5, 5.41) is 0. The number of hydrogen-bond donors (Lipinski definition) is 1. The van der Waals surface area contributed by atoms with E-state index in [0.29, 0.717) is 0 Å². The smallest absolute Gasteiger partial charge is 0.161 e. The first-order chi connectivity index (χ1) is 5.81. The van der Waals surface area contributed by atoms with Crippen molar-refractivity contribution in [1.29, 1.82) is 0 Å². The van der Waals surface area contributed by atoms with Crippen LogP contribution in [-0.4, -0.2) is 14.2 Å². The molecule has 2 nitrogen and oxygen atoms in total. The second kappa shape index (κ2) is 4.52. The summed E-state index contributed by atoms with van der Waals surface area (Å²) in [5.41, 5.74) is 0. The van der Waals surface area contributed by atoms with E-state index in [0.717, 1.165) is 16.4 Å². The van der Waals surface area contributed by atoms with E-state index in [1.165, 1.54) is 10.8 Å². The highest BCUT2D eigenvalue weighted by molar-refractivity contribution is 8.68. The first kappa shape index (κ1) is 9.61. The van der Waals surface area contributed by atoms with Gasteiger partial charge in [-0.1, -0.05) is 10.8 Å². The van der Waals surface area contributed by atoms with Gasteiger partial charge >= 0.3 is 0 Å². The molecule has 0 heterocycles. The molecule has 0 spiro atoms. The second-order valence-electron chi connectivity index (χ2n) is 2.11. The molecule has 1 rings (SSSR count). The van der Waals surface area contributed by atoms with Gasteiger partial charge in [0.05, 0.1) is 14.2 Å². The zero-order valence-electron chi connectivity index (χ0n) is 6.90. The fourth-order valence-corrected chi connectivity index (χ4v) is 1.50. The molecule has 0 fully saturated rings. The van der Waals surface area contributed by atoms with Gasteiger partial charge in [0, 0.05) is 4.90 Å². The summed E-state index contributed by atoms with van der Waals surface area (Å²) < 4.78 is 10.2. The van der Waals surface area contributed by atoms with Crippen molar-refractivity contribution in [2.24, 2.45) is 0 Å². The summed E-state index contributed by atoms with van der Waals surface area (Å²) in [7, 11) is 4.61. The third kappa shape index (κ3) is 2.01. The van der Waals surface area contributed by atoms with Gasteiger partial charge in [0.2, 0.25) is 0 Å². The molecular formula is C8H10O2S2. The monoisotopic (exact) mass is 202 g/mol. The molecule has 1 aromatic rings. The average Bonchev–Trinajstić information content (AvgIpc) is 2.16. The zero-order valence-corrected chi connectivity index (χ0v) is 8.61. The molecule has 0 unspecified atom stereocenters. The lowest BCUT2D eigenvalue weighted by atomic mass is 10.3. The Morgan fingerprint density at radius 3 is 2.33 bits per heavy atom. The lowest BCUT2D eigenvalue weighted by Crippen LogP contribution is -1.89. The van der Waals surface area contributed by atoms with Crippen LogP contribution in [0.1, 0.15) is 0 Å². The summed E-state index contributed by atoms with van der Waals surface area (Å²) in [6, 6.07) is 5.67. The third-order valence-corrected chi connectivity index (χ3v) is 2.56. The topological polar surface area (TPSA) is 18.5 Å². The number of benzene rings is 1. The zero-order chi connectivity index (χ0) is 8.97. The number of rotatable bonds is 3. The van der Waals surface area contributed by atoms with Crippen LogP contribution >= 0.6 is 22.5 Å². The average molecular weight is 202 g/mol. The molecule has 12 heavy (non-hydrogen) atoms. The van der Waals surface area contributed by atoms with Crippen LogP contribution < -0.4 is 9.47 Å². The van der Waals surface area contributed by atoms with E-state index < -0.39 is 0 Å². The van der Waals surface area contributed by atoms with Crippen LogP contribution in [0.2, 0.25) is 0 Å². The van der Waals surface area contributed by atoms with Gasteiger partial charge in [0.25, 0.3) is 0 Å². The Morgan fingerprint density at radius 2 is 1.83 bits per heavy atom. The molecule has 0 aromatic heterocycles. The summed E-state index contributed by atoms with van der Waals surface area (Å²) in [6.45, 7) is 0. The number of methoxy groups -OCH3 is 2. The predicted octanol–water partition coefficient (Wildman–Crippen LogP) is 2.64. The fraction of sp³-hybridized carbons (Fsp3) is 0.250. The van der Waals surface area contributed by atoms with Crippen molar-refractivity contribution in [3.05, 3.63) is 18.2 Å². The molecule has 0 bridgehead atoms. The standard InChI is InChI=1S/C8H10O2S2/c1-9-7-4-3-6(12-11)5-8(7)10-2/h3-5,11H,1-2H3. The highest BCUT2D eigenvalue weighted by Gasteiger charge is 2.02. The van der Waals surface area contributed by atoms with Crippen molar-refractivity contribution in [1.82, 2.24) is 0 Å². The van der Waals surface area contributed by atoms with Crippen LogP contribution in [0, 0.1) is 0 Å². The molecule has 1 aromatic carbocycles. The number of ether oxygens (including phenoxy) is 2. The molecule has 4 heteroatoms. The quantitative estimate of drug-likeness (QED) is 0.600. The Hall–Kier alpha value is -0.480. The molecule has 0 saturated heterocycles. The Morgan fingerprint density at radius 1 is 1.17 bits per heavy atom. The van der Waals surface area contributed by atoms with E-state index in [1.807, 2.05) is 18.2 Å². The largest absolute Gasteiger partial charge is 0.493 e. The van der Waals surface area contributed by atoms with Crippen LogP contribution in [0.5, 0.6) is 11.5 Å². The van der Waals surface area contributed by atoms with Crippen molar-refractivity contribution < 1.29 is 9.47 Å². The van der Waals surface area contributed by atoms with Crippen molar-refractivity contribution in [2.45, 2.75) is 4.90 Å². The van der Waals surface area contributed by atoms with Gasteiger partial charge in [-0.3, -0.25) is 0 Å². The molecule has 0 atom stereocenters. The second-order valence-corrected chi connectivity index (χ2v) is 3.31. The predicted molar refractivity (Wildman–Crippen MR) is 54.4 cm³/mol. The van der Waals surface area contributed by atoms with Crippen molar-refractivity contribution in [3.8, 4) is 11.5 Å². The maximum Gasteiger partial charge on any atom is 0.161 e. The van der Waals surface area contributed by atoms with Crippen molar-refractivity contribution in [3.63, 3.8) is 0 Å². The molecular weight excluding hydrogens is 192 g/mol. The maximum absolute atomic E-state index is 5.11. The van der Waals surface area contributed by atoms with E-state index >= 15 is 0 Å². The highest BCUT2D eigenvalue weighted by Crippen LogP contribution is 2.32. The molecule has 0 radical (unpaired) electrons. The fourth-order valence-electron chi connectivity index (χ4n) is 0.873. The summed E-state index contributed by atoms with van der Waals surface area (Å²) in [4.78, 5) is 1.04. The molecule has 66 valence electrons. The SMILES string of the molecule is COc1ccc(SS)cc1OC. The molecule has 0 aliphatic heterocycles. The Bertz CT molecular complexity index is 263. The van der Waals surface area contributed by atoms with Gasteiger partial charge in [-0.05, 0) is 18.2 Å². The van der Waals surface area contributed by atoms with Crippen LogP contribution in [0.3, 0.4) is 0 Å². The Kier molecular flexibility index (Phi) is 3.62.